The van der Waals surface area contributed by atoms with Crippen LogP contribution in [-0.4, -0.2) is 29.8 Å². The summed E-state index contributed by atoms with van der Waals surface area (Å²) >= 11 is 11.8. The molecule has 0 saturated heterocycles. The Bertz CT molecular complexity index is 429. The quantitative estimate of drug-likeness (QED) is 0.762. The Morgan fingerprint density at radius 3 is 2.65 bits per heavy atom. The van der Waals surface area contributed by atoms with E-state index in [1.807, 2.05) is 0 Å². The number of carbonyl (C=O) groups excluding carboxylic acids is 1. The molecule has 1 fully saturated rings. The molecule has 1 saturated carbocycles. The molecular weight excluding hydrogens is 257 g/mol. The van der Waals surface area contributed by atoms with Gasteiger partial charge in [-0.25, -0.2) is 0 Å². The number of likely N-dealkylation sites (N-methyl/N-ethyl adjacent to an activating group) is 1. The average Bonchev–Trinajstić information content (AvgIpc) is 3.09. The van der Waals surface area contributed by atoms with Crippen LogP contribution in [0.2, 0.25) is 10.0 Å². The van der Waals surface area contributed by atoms with Gasteiger partial charge in [0.25, 0.3) is 0 Å². The summed E-state index contributed by atoms with van der Waals surface area (Å²) in [4.78, 5) is 14.3. The van der Waals surface area contributed by atoms with Crippen LogP contribution in [-0.2, 0) is 0 Å². The van der Waals surface area contributed by atoms with Gasteiger partial charge in [0.2, 0.25) is 0 Å². The minimum absolute atomic E-state index is 0.0698. The standard InChI is InChI=1S/C13H15Cl2NO/c1-2-16(10-4-5-10)8-13(17)11-6-3-9(14)7-12(11)15/h3,6-7,10H,2,4-5,8H2,1H3. The molecule has 1 aromatic carbocycles. The van der Waals surface area contributed by atoms with Gasteiger partial charge in [-0.3, -0.25) is 9.69 Å². The van der Waals surface area contributed by atoms with E-state index in [0.717, 1.165) is 6.54 Å². The maximum Gasteiger partial charge on any atom is 0.178 e. The summed E-state index contributed by atoms with van der Waals surface area (Å²) in [6.07, 6.45) is 2.41. The van der Waals surface area contributed by atoms with Gasteiger partial charge in [0.1, 0.15) is 0 Å². The fourth-order valence-electron chi connectivity index (χ4n) is 1.92. The van der Waals surface area contributed by atoms with E-state index < -0.39 is 0 Å². The molecule has 0 aliphatic heterocycles. The summed E-state index contributed by atoms with van der Waals surface area (Å²) in [5, 5.41) is 0.996. The molecule has 0 amide bonds. The first-order chi connectivity index (χ1) is 8.11. The van der Waals surface area contributed by atoms with E-state index in [0.29, 0.717) is 28.2 Å². The highest BCUT2D eigenvalue weighted by Gasteiger charge is 2.29. The Balaban J connectivity index is 2.08. The number of halogens is 2. The lowest BCUT2D eigenvalue weighted by Crippen LogP contribution is -2.31. The fraction of sp³-hybridized carbons (Fsp3) is 0.462. The van der Waals surface area contributed by atoms with Gasteiger partial charge in [-0.2, -0.15) is 0 Å². The molecule has 4 heteroatoms. The fourth-order valence-corrected chi connectivity index (χ4v) is 2.44. The van der Waals surface area contributed by atoms with Gasteiger partial charge in [-0.05, 0) is 37.6 Å². The van der Waals surface area contributed by atoms with Crippen LogP contribution >= 0.6 is 23.2 Å². The van der Waals surface area contributed by atoms with E-state index >= 15 is 0 Å². The normalized spacial score (nSPS) is 15.3. The third-order valence-corrected chi connectivity index (χ3v) is 3.60. The molecule has 0 unspecified atom stereocenters. The summed E-state index contributed by atoms with van der Waals surface area (Å²) in [6, 6.07) is 5.61. The van der Waals surface area contributed by atoms with Crippen molar-refractivity contribution in [1.82, 2.24) is 4.90 Å². The van der Waals surface area contributed by atoms with E-state index in [2.05, 4.69) is 11.8 Å². The minimum Gasteiger partial charge on any atom is -0.293 e. The van der Waals surface area contributed by atoms with Crippen molar-refractivity contribution < 1.29 is 4.79 Å². The zero-order valence-electron chi connectivity index (χ0n) is 9.75. The first kappa shape index (κ1) is 12.9. The Labute approximate surface area is 112 Å². The Morgan fingerprint density at radius 1 is 1.41 bits per heavy atom. The molecule has 0 bridgehead atoms. The van der Waals surface area contributed by atoms with Gasteiger partial charge in [-0.1, -0.05) is 30.1 Å². The first-order valence-corrected chi connectivity index (χ1v) is 6.59. The van der Waals surface area contributed by atoms with Crippen LogP contribution in [0.25, 0.3) is 0 Å². The number of carbonyl (C=O) groups is 1. The lowest BCUT2D eigenvalue weighted by molar-refractivity contribution is 0.0929. The maximum absolute atomic E-state index is 12.1. The van der Waals surface area contributed by atoms with E-state index in [4.69, 9.17) is 23.2 Å². The molecule has 0 heterocycles. The van der Waals surface area contributed by atoms with Crippen molar-refractivity contribution in [1.29, 1.82) is 0 Å². The van der Waals surface area contributed by atoms with Crippen molar-refractivity contribution in [2.75, 3.05) is 13.1 Å². The Kier molecular flexibility index (Phi) is 4.08. The number of hydrogen-bond acceptors (Lipinski definition) is 2. The van der Waals surface area contributed by atoms with Crippen LogP contribution in [0.1, 0.15) is 30.1 Å². The molecule has 2 rings (SSSR count). The van der Waals surface area contributed by atoms with Crippen molar-refractivity contribution in [3.05, 3.63) is 33.8 Å². The molecule has 0 N–H and O–H groups in total. The second-order valence-corrected chi connectivity index (χ2v) is 5.19. The van der Waals surface area contributed by atoms with Gasteiger partial charge >= 0.3 is 0 Å². The molecule has 1 aliphatic carbocycles. The van der Waals surface area contributed by atoms with Gasteiger partial charge in [0, 0.05) is 16.6 Å². The van der Waals surface area contributed by atoms with Crippen molar-refractivity contribution in [3.8, 4) is 0 Å². The lowest BCUT2D eigenvalue weighted by Gasteiger charge is -2.18. The van der Waals surface area contributed by atoms with Crippen LogP contribution in [0.3, 0.4) is 0 Å². The Morgan fingerprint density at radius 2 is 2.12 bits per heavy atom. The van der Waals surface area contributed by atoms with E-state index in [9.17, 15) is 4.79 Å². The molecule has 92 valence electrons. The Hall–Kier alpha value is -0.570. The molecule has 1 aliphatic rings. The van der Waals surface area contributed by atoms with Gasteiger partial charge in [0.15, 0.2) is 5.78 Å². The molecule has 17 heavy (non-hydrogen) atoms. The third kappa shape index (κ3) is 3.21. The van der Waals surface area contributed by atoms with Crippen molar-refractivity contribution >= 4 is 29.0 Å². The predicted molar refractivity (Wildman–Crippen MR) is 71.1 cm³/mol. The molecule has 0 atom stereocenters. The number of ketones is 1. The monoisotopic (exact) mass is 271 g/mol. The average molecular weight is 272 g/mol. The van der Waals surface area contributed by atoms with E-state index in [1.54, 1.807) is 18.2 Å². The summed E-state index contributed by atoms with van der Waals surface area (Å²) in [7, 11) is 0. The second kappa shape index (κ2) is 5.38. The number of benzene rings is 1. The van der Waals surface area contributed by atoms with E-state index in [1.165, 1.54) is 12.8 Å². The second-order valence-electron chi connectivity index (χ2n) is 4.34. The van der Waals surface area contributed by atoms with Crippen LogP contribution in [0.5, 0.6) is 0 Å². The zero-order valence-corrected chi connectivity index (χ0v) is 11.3. The molecule has 0 aromatic heterocycles. The van der Waals surface area contributed by atoms with Crippen LogP contribution in [0, 0.1) is 0 Å². The number of nitrogens with zero attached hydrogens (tertiary/aromatic N) is 1. The largest absolute Gasteiger partial charge is 0.293 e. The number of rotatable bonds is 5. The number of hydrogen-bond donors (Lipinski definition) is 0. The summed E-state index contributed by atoms with van der Waals surface area (Å²) in [5.41, 5.74) is 0.565. The summed E-state index contributed by atoms with van der Waals surface area (Å²) in [5.74, 6) is 0.0698. The topological polar surface area (TPSA) is 20.3 Å². The van der Waals surface area contributed by atoms with E-state index in [-0.39, 0.29) is 5.78 Å². The highest BCUT2D eigenvalue weighted by molar-refractivity contribution is 6.36. The first-order valence-electron chi connectivity index (χ1n) is 5.84. The smallest absolute Gasteiger partial charge is 0.178 e. The molecular formula is C13H15Cl2NO. The zero-order chi connectivity index (χ0) is 12.4. The molecule has 0 spiro atoms. The predicted octanol–water partition coefficient (Wildman–Crippen LogP) is 3.66. The van der Waals surface area contributed by atoms with Crippen LogP contribution in [0.4, 0.5) is 0 Å². The van der Waals surface area contributed by atoms with Crippen LogP contribution in [0.15, 0.2) is 18.2 Å². The minimum atomic E-state index is 0.0698. The van der Waals surface area contributed by atoms with Crippen LogP contribution < -0.4 is 0 Å². The van der Waals surface area contributed by atoms with Crippen molar-refractivity contribution in [2.45, 2.75) is 25.8 Å². The van der Waals surface area contributed by atoms with Crippen molar-refractivity contribution in [2.24, 2.45) is 0 Å². The molecule has 2 nitrogen and oxygen atoms in total. The van der Waals surface area contributed by atoms with Gasteiger partial charge < -0.3 is 0 Å². The maximum atomic E-state index is 12.1. The van der Waals surface area contributed by atoms with Gasteiger partial charge in [0.05, 0.1) is 11.6 Å². The molecule has 0 radical (unpaired) electrons. The SMILES string of the molecule is CCN(CC(=O)c1ccc(Cl)cc1Cl)C1CC1. The highest BCUT2D eigenvalue weighted by atomic mass is 35.5. The summed E-state index contributed by atoms with van der Waals surface area (Å²) in [6.45, 7) is 3.43. The summed E-state index contributed by atoms with van der Waals surface area (Å²) < 4.78 is 0. The third-order valence-electron chi connectivity index (χ3n) is 3.05. The van der Waals surface area contributed by atoms with Crippen molar-refractivity contribution in [3.63, 3.8) is 0 Å². The number of Topliss-reactive ketones (excluding diaryl/α,β-unsaturated/α-hetero) is 1. The van der Waals surface area contributed by atoms with Gasteiger partial charge in [-0.15, -0.1) is 0 Å². The molecule has 1 aromatic rings. The highest BCUT2D eigenvalue weighted by Crippen LogP contribution is 2.27. The lowest BCUT2D eigenvalue weighted by atomic mass is 10.1.